The SMILES string of the molecule is Fc1ccc(C2CCCCC2)cc1.Fc1ccccc1. The molecule has 3 rings (SSSR count). The van der Waals surface area contributed by atoms with Gasteiger partial charge in [-0.25, -0.2) is 8.78 Å². The summed E-state index contributed by atoms with van der Waals surface area (Å²) in [6.07, 6.45) is 6.61. The molecule has 1 fully saturated rings. The molecule has 0 amide bonds. The van der Waals surface area contributed by atoms with Crippen LogP contribution in [-0.4, -0.2) is 0 Å². The van der Waals surface area contributed by atoms with E-state index in [0.29, 0.717) is 5.92 Å². The summed E-state index contributed by atoms with van der Waals surface area (Å²) in [7, 11) is 0. The number of rotatable bonds is 1. The Kier molecular flexibility index (Phi) is 5.72. The van der Waals surface area contributed by atoms with Crippen LogP contribution in [0.1, 0.15) is 43.6 Å². The quantitative estimate of drug-likeness (QED) is 0.625. The maximum absolute atomic E-state index is 12.7. The van der Waals surface area contributed by atoms with Crippen molar-refractivity contribution in [1.29, 1.82) is 0 Å². The average molecular weight is 274 g/mol. The van der Waals surface area contributed by atoms with Crippen LogP contribution in [0, 0.1) is 11.6 Å². The van der Waals surface area contributed by atoms with Gasteiger partial charge in [-0.2, -0.15) is 0 Å². The molecule has 1 aliphatic rings. The molecule has 0 atom stereocenters. The van der Waals surface area contributed by atoms with E-state index in [1.165, 1.54) is 49.8 Å². The lowest BCUT2D eigenvalue weighted by Crippen LogP contribution is -2.04. The van der Waals surface area contributed by atoms with Crippen molar-refractivity contribution in [3.05, 3.63) is 71.8 Å². The van der Waals surface area contributed by atoms with Gasteiger partial charge in [0, 0.05) is 0 Å². The molecular formula is C18H20F2. The van der Waals surface area contributed by atoms with Gasteiger partial charge in [0.25, 0.3) is 0 Å². The Morgan fingerprint density at radius 3 is 1.70 bits per heavy atom. The molecule has 0 saturated heterocycles. The molecule has 0 nitrogen and oxygen atoms in total. The maximum atomic E-state index is 12.7. The smallest absolute Gasteiger partial charge is 0.123 e. The lowest BCUT2D eigenvalue weighted by molar-refractivity contribution is 0.443. The van der Waals surface area contributed by atoms with E-state index in [1.807, 2.05) is 12.1 Å². The Bertz CT molecular complexity index is 485. The van der Waals surface area contributed by atoms with Gasteiger partial charge in [0.15, 0.2) is 0 Å². The van der Waals surface area contributed by atoms with Crippen LogP contribution in [0.25, 0.3) is 0 Å². The summed E-state index contributed by atoms with van der Waals surface area (Å²) in [5, 5.41) is 0. The van der Waals surface area contributed by atoms with Crippen LogP contribution in [0.4, 0.5) is 8.78 Å². The molecule has 2 aromatic rings. The third kappa shape index (κ3) is 4.76. The highest BCUT2D eigenvalue weighted by atomic mass is 19.1. The van der Waals surface area contributed by atoms with Crippen molar-refractivity contribution in [3.8, 4) is 0 Å². The van der Waals surface area contributed by atoms with E-state index in [1.54, 1.807) is 30.3 Å². The topological polar surface area (TPSA) is 0 Å². The zero-order valence-corrected chi connectivity index (χ0v) is 11.6. The van der Waals surface area contributed by atoms with E-state index >= 15 is 0 Å². The summed E-state index contributed by atoms with van der Waals surface area (Å²) < 4.78 is 24.6. The van der Waals surface area contributed by atoms with Crippen LogP contribution < -0.4 is 0 Å². The second-order valence-electron chi connectivity index (χ2n) is 5.18. The van der Waals surface area contributed by atoms with Gasteiger partial charge in [0.1, 0.15) is 11.6 Å². The Hall–Kier alpha value is -1.70. The monoisotopic (exact) mass is 274 g/mol. The van der Waals surface area contributed by atoms with E-state index in [0.717, 1.165) is 0 Å². The van der Waals surface area contributed by atoms with Gasteiger partial charge in [-0.1, -0.05) is 49.6 Å². The fraction of sp³-hybridized carbons (Fsp3) is 0.333. The van der Waals surface area contributed by atoms with Gasteiger partial charge in [-0.3, -0.25) is 0 Å². The molecule has 0 unspecified atom stereocenters. The van der Waals surface area contributed by atoms with E-state index in [-0.39, 0.29) is 11.6 Å². The minimum atomic E-state index is -0.178. The second-order valence-corrected chi connectivity index (χ2v) is 5.18. The fourth-order valence-corrected chi connectivity index (χ4v) is 2.59. The highest BCUT2D eigenvalue weighted by Crippen LogP contribution is 2.32. The molecule has 1 saturated carbocycles. The summed E-state index contributed by atoms with van der Waals surface area (Å²) in [6, 6.07) is 15.0. The fourth-order valence-electron chi connectivity index (χ4n) is 2.59. The van der Waals surface area contributed by atoms with Crippen LogP contribution in [-0.2, 0) is 0 Å². The average Bonchev–Trinajstić information content (AvgIpc) is 2.50. The highest BCUT2D eigenvalue weighted by Gasteiger charge is 2.14. The van der Waals surface area contributed by atoms with Crippen molar-refractivity contribution >= 4 is 0 Å². The van der Waals surface area contributed by atoms with Crippen LogP contribution >= 0.6 is 0 Å². The van der Waals surface area contributed by atoms with Crippen molar-refractivity contribution in [1.82, 2.24) is 0 Å². The third-order valence-corrected chi connectivity index (χ3v) is 3.68. The van der Waals surface area contributed by atoms with Gasteiger partial charge in [0.2, 0.25) is 0 Å². The zero-order valence-electron chi connectivity index (χ0n) is 11.6. The van der Waals surface area contributed by atoms with Crippen LogP contribution in [0.5, 0.6) is 0 Å². The van der Waals surface area contributed by atoms with E-state index in [9.17, 15) is 8.78 Å². The standard InChI is InChI=1S/C12H15F.C6H5F/c13-12-8-6-11(7-9-12)10-4-2-1-3-5-10;7-6-4-2-1-3-5-6/h6-10H,1-5H2;1-5H. The lowest BCUT2D eigenvalue weighted by Gasteiger charge is -2.21. The van der Waals surface area contributed by atoms with Crippen molar-refractivity contribution in [2.24, 2.45) is 0 Å². The molecule has 0 spiro atoms. The Labute approximate surface area is 119 Å². The highest BCUT2D eigenvalue weighted by molar-refractivity contribution is 5.20. The van der Waals surface area contributed by atoms with Gasteiger partial charge in [-0.15, -0.1) is 0 Å². The summed E-state index contributed by atoms with van der Waals surface area (Å²) in [6.45, 7) is 0. The van der Waals surface area contributed by atoms with Crippen molar-refractivity contribution < 1.29 is 8.78 Å². The zero-order chi connectivity index (χ0) is 14.2. The van der Waals surface area contributed by atoms with E-state index < -0.39 is 0 Å². The predicted molar refractivity (Wildman–Crippen MR) is 78.6 cm³/mol. The molecule has 0 heterocycles. The van der Waals surface area contributed by atoms with E-state index in [4.69, 9.17) is 0 Å². The molecule has 20 heavy (non-hydrogen) atoms. The minimum Gasteiger partial charge on any atom is -0.207 e. The molecule has 2 heteroatoms. The summed E-state index contributed by atoms with van der Waals surface area (Å²) >= 11 is 0. The molecule has 0 radical (unpaired) electrons. The van der Waals surface area contributed by atoms with Crippen molar-refractivity contribution in [2.45, 2.75) is 38.0 Å². The Balaban J connectivity index is 0.000000178. The summed E-state index contributed by atoms with van der Waals surface area (Å²) in [5.74, 6) is 0.386. The predicted octanol–water partition coefficient (Wildman–Crippen LogP) is 5.70. The van der Waals surface area contributed by atoms with Crippen LogP contribution in [0.15, 0.2) is 54.6 Å². The largest absolute Gasteiger partial charge is 0.207 e. The van der Waals surface area contributed by atoms with Gasteiger partial charge >= 0.3 is 0 Å². The Morgan fingerprint density at radius 1 is 0.650 bits per heavy atom. The molecule has 0 aromatic heterocycles. The summed E-state index contributed by atoms with van der Waals surface area (Å²) in [5.41, 5.74) is 1.32. The number of halogens is 2. The number of benzene rings is 2. The molecular weight excluding hydrogens is 254 g/mol. The molecule has 1 aliphatic carbocycles. The van der Waals surface area contributed by atoms with Crippen LogP contribution in [0.3, 0.4) is 0 Å². The first-order valence-electron chi connectivity index (χ1n) is 7.22. The lowest BCUT2D eigenvalue weighted by atomic mass is 9.84. The molecule has 0 bridgehead atoms. The van der Waals surface area contributed by atoms with Gasteiger partial charge < -0.3 is 0 Å². The number of hydrogen-bond donors (Lipinski definition) is 0. The first kappa shape index (κ1) is 14.7. The molecule has 2 aromatic carbocycles. The van der Waals surface area contributed by atoms with Crippen molar-refractivity contribution in [2.75, 3.05) is 0 Å². The second kappa shape index (κ2) is 7.78. The first-order valence-corrected chi connectivity index (χ1v) is 7.22. The first-order chi connectivity index (χ1) is 9.75. The molecule has 0 N–H and O–H groups in total. The summed E-state index contributed by atoms with van der Waals surface area (Å²) in [4.78, 5) is 0. The minimum absolute atomic E-state index is 0.125. The Morgan fingerprint density at radius 2 is 1.20 bits per heavy atom. The van der Waals surface area contributed by atoms with Crippen LogP contribution in [0.2, 0.25) is 0 Å². The third-order valence-electron chi connectivity index (χ3n) is 3.68. The number of hydrogen-bond acceptors (Lipinski definition) is 0. The van der Waals surface area contributed by atoms with E-state index in [2.05, 4.69) is 0 Å². The van der Waals surface area contributed by atoms with Crippen molar-refractivity contribution in [3.63, 3.8) is 0 Å². The normalized spacial score (nSPS) is 15.3. The van der Waals surface area contributed by atoms with Gasteiger partial charge in [-0.05, 0) is 48.6 Å². The van der Waals surface area contributed by atoms with Gasteiger partial charge in [0.05, 0.1) is 0 Å². The molecule has 0 aliphatic heterocycles. The maximum Gasteiger partial charge on any atom is 0.123 e. The molecule has 106 valence electrons.